The predicted octanol–water partition coefficient (Wildman–Crippen LogP) is 2.49. The van der Waals surface area contributed by atoms with Gasteiger partial charge in [-0.1, -0.05) is 6.07 Å². The Morgan fingerprint density at radius 2 is 2.05 bits per heavy atom. The van der Waals surface area contributed by atoms with Gasteiger partial charge in [0.05, 0.1) is 12.5 Å². The smallest absolute Gasteiger partial charge is 0.390 e. The number of nitrogens with zero attached hydrogens (tertiary/aromatic N) is 2. The number of guanidine groups is 1. The Bertz CT molecular complexity index is 472. The van der Waals surface area contributed by atoms with Gasteiger partial charge < -0.3 is 15.4 Å². The number of halogens is 3. The van der Waals surface area contributed by atoms with Crippen LogP contribution in [0.3, 0.4) is 0 Å². The minimum atomic E-state index is -4.18. The maximum absolute atomic E-state index is 12.1. The summed E-state index contributed by atoms with van der Waals surface area (Å²) in [7, 11) is 1.50. The maximum Gasteiger partial charge on any atom is 0.390 e. The van der Waals surface area contributed by atoms with Crippen LogP contribution in [0, 0.1) is 0 Å². The molecule has 0 bridgehead atoms. The Morgan fingerprint density at radius 3 is 2.55 bits per heavy atom. The van der Waals surface area contributed by atoms with Gasteiger partial charge in [0.1, 0.15) is 0 Å². The van der Waals surface area contributed by atoms with Crippen LogP contribution in [0.25, 0.3) is 0 Å². The molecule has 1 aromatic rings. The topological polar surface area (TPSA) is 58.5 Å². The molecular formula is C14H21F3N4O. The Labute approximate surface area is 128 Å². The molecule has 1 heterocycles. The van der Waals surface area contributed by atoms with Crippen LogP contribution in [0.1, 0.15) is 25.8 Å². The molecule has 0 aliphatic carbocycles. The first-order valence-corrected chi connectivity index (χ1v) is 6.93. The van der Waals surface area contributed by atoms with Crippen LogP contribution in [-0.4, -0.2) is 36.8 Å². The zero-order chi connectivity index (χ0) is 16.6. The van der Waals surface area contributed by atoms with Crippen molar-refractivity contribution in [3.8, 4) is 5.88 Å². The van der Waals surface area contributed by atoms with Crippen LogP contribution in [0.2, 0.25) is 0 Å². The zero-order valence-electron chi connectivity index (χ0n) is 12.9. The van der Waals surface area contributed by atoms with Crippen molar-refractivity contribution >= 4 is 5.96 Å². The van der Waals surface area contributed by atoms with Crippen molar-refractivity contribution in [3.05, 3.63) is 23.9 Å². The molecule has 0 aliphatic heterocycles. The summed E-state index contributed by atoms with van der Waals surface area (Å²) in [6.45, 7) is 4.00. The maximum atomic E-state index is 12.1. The number of aliphatic imine (C=N–C) groups is 1. The summed E-state index contributed by atoms with van der Waals surface area (Å²) >= 11 is 0. The molecule has 0 amide bonds. The number of pyridine rings is 1. The molecule has 0 saturated heterocycles. The van der Waals surface area contributed by atoms with E-state index in [0.29, 0.717) is 18.4 Å². The first-order valence-electron chi connectivity index (χ1n) is 6.93. The predicted molar refractivity (Wildman–Crippen MR) is 78.9 cm³/mol. The van der Waals surface area contributed by atoms with Crippen LogP contribution in [0.4, 0.5) is 13.2 Å². The third-order valence-electron chi connectivity index (χ3n) is 2.54. The summed E-state index contributed by atoms with van der Waals surface area (Å²) in [6, 6.07) is 3.58. The van der Waals surface area contributed by atoms with Crippen molar-refractivity contribution in [2.75, 3.05) is 13.6 Å². The lowest BCUT2D eigenvalue weighted by atomic mass is 10.3. The molecule has 8 heteroatoms. The summed E-state index contributed by atoms with van der Waals surface area (Å²) in [5, 5.41) is 5.53. The summed E-state index contributed by atoms with van der Waals surface area (Å²) in [6.07, 6.45) is -3.39. The van der Waals surface area contributed by atoms with E-state index in [2.05, 4.69) is 20.6 Å². The number of hydrogen-bond donors (Lipinski definition) is 2. The molecule has 0 atom stereocenters. The number of hydrogen-bond acceptors (Lipinski definition) is 3. The van der Waals surface area contributed by atoms with E-state index in [1.165, 1.54) is 7.05 Å². The largest absolute Gasteiger partial charge is 0.475 e. The third-order valence-corrected chi connectivity index (χ3v) is 2.54. The highest BCUT2D eigenvalue weighted by Gasteiger charge is 2.26. The average Bonchev–Trinajstić information content (AvgIpc) is 2.42. The first kappa shape index (κ1) is 18.1. The van der Waals surface area contributed by atoms with E-state index < -0.39 is 12.6 Å². The lowest BCUT2D eigenvalue weighted by molar-refractivity contribution is -0.132. The highest BCUT2D eigenvalue weighted by atomic mass is 19.4. The number of aromatic nitrogens is 1. The lowest BCUT2D eigenvalue weighted by Gasteiger charge is -2.13. The Balaban J connectivity index is 2.40. The molecule has 22 heavy (non-hydrogen) atoms. The summed E-state index contributed by atoms with van der Waals surface area (Å²) in [5.41, 5.74) is 0.870. The number of alkyl halides is 3. The van der Waals surface area contributed by atoms with E-state index in [-0.39, 0.29) is 12.6 Å². The van der Waals surface area contributed by atoms with E-state index in [4.69, 9.17) is 4.74 Å². The van der Waals surface area contributed by atoms with E-state index in [1.807, 2.05) is 19.9 Å². The fourth-order valence-electron chi connectivity index (χ4n) is 1.56. The van der Waals surface area contributed by atoms with Crippen LogP contribution < -0.4 is 15.4 Å². The number of nitrogens with one attached hydrogen (secondary N) is 2. The van der Waals surface area contributed by atoms with E-state index in [9.17, 15) is 13.2 Å². The molecule has 0 aliphatic rings. The van der Waals surface area contributed by atoms with Gasteiger partial charge in [0.15, 0.2) is 5.96 Å². The number of rotatable bonds is 6. The van der Waals surface area contributed by atoms with Crippen LogP contribution in [0.5, 0.6) is 5.88 Å². The second-order valence-electron chi connectivity index (χ2n) is 4.89. The van der Waals surface area contributed by atoms with Crippen molar-refractivity contribution in [3.63, 3.8) is 0 Å². The van der Waals surface area contributed by atoms with E-state index in [0.717, 1.165) is 5.56 Å². The van der Waals surface area contributed by atoms with E-state index >= 15 is 0 Å². The minimum absolute atomic E-state index is 0.0492. The molecule has 0 radical (unpaired) electrons. The number of ether oxygens (including phenoxy) is 1. The van der Waals surface area contributed by atoms with Gasteiger partial charge in [-0.15, -0.1) is 0 Å². The van der Waals surface area contributed by atoms with Crippen molar-refractivity contribution in [2.45, 2.75) is 39.1 Å². The van der Waals surface area contributed by atoms with Crippen molar-refractivity contribution < 1.29 is 17.9 Å². The molecule has 2 N–H and O–H groups in total. The second kappa shape index (κ2) is 8.45. The highest BCUT2D eigenvalue weighted by Crippen LogP contribution is 2.18. The normalized spacial score (nSPS) is 12.4. The molecule has 5 nitrogen and oxygen atoms in total. The molecule has 0 spiro atoms. The molecule has 0 aromatic carbocycles. The average molecular weight is 318 g/mol. The van der Waals surface area contributed by atoms with Crippen LogP contribution >= 0.6 is 0 Å². The van der Waals surface area contributed by atoms with Crippen molar-refractivity contribution in [1.29, 1.82) is 0 Å². The van der Waals surface area contributed by atoms with Crippen molar-refractivity contribution in [2.24, 2.45) is 4.99 Å². The van der Waals surface area contributed by atoms with Gasteiger partial charge in [-0.05, 0) is 19.4 Å². The third kappa shape index (κ3) is 7.70. The summed E-state index contributed by atoms with van der Waals surface area (Å²) in [4.78, 5) is 8.01. The Kier molecular flexibility index (Phi) is 6.94. The lowest BCUT2D eigenvalue weighted by Crippen LogP contribution is -2.38. The van der Waals surface area contributed by atoms with E-state index in [1.54, 1.807) is 12.3 Å². The Hall–Kier alpha value is -1.99. The van der Waals surface area contributed by atoms with Crippen LogP contribution in [0.15, 0.2) is 23.3 Å². The van der Waals surface area contributed by atoms with Gasteiger partial charge in [-0.3, -0.25) is 4.99 Å². The summed E-state index contributed by atoms with van der Waals surface area (Å²) in [5.74, 6) is 0.846. The molecule has 1 aromatic heterocycles. The fourth-order valence-corrected chi connectivity index (χ4v) is 1.56. The molecular weight excluding hydrogens is 297 g/mol. The quantitative estimate of drug-likeness (QED) is 0.625. The molecule has 0 fully saturated rings. The first-order chi connectivity index (χ1) is 10.3. The fraction of sp³-hybridized carbons (Fsp3) is 0.571. The standard InChI is InChI=1S/C14H21F3N4O/c1-10(2)22-12-5-4-11(8-20-12)9-21-13(18-3)19-7-6-14(15,16)17/h4-5,8,10H,6-7,9H2,1-3H3,(H2,18,19,21). The Morgan fingerprint density at radius 1 is 1.32 bits per heavy atom. The molecule has 0 unspecified atom stereocenters. The molecule has 1 rings (SSSR count). The van der Waals surface area contributed by atoms with Gasteiger partial charge in [-0.25, -0.2) is 4.98 Å². The van der Waals surface area contributed by atoms with Crippen molar-refractivity contribution in [1.82, 2.24) is 15.6 Å². The molecule has 0 saturated carbocycles. The van der Waals surface area contributed by atoms with Gasteiger partial charge in [0, 0.05) is 32.4 Å². The van der Waals surface area contributed by atoms with Crippen LogP contribution in [-0.2, 0) is 6.54 Å². The van der Waals surface area contributed by atoms with Gasteiger partial charge in [0.2, 0.25) is 5.88 Å². The highest BCUT2D eigenvalue weighted by molar-refractivity contribution is 5.79. The zero-order valence-corrected chi connectivity index (χ0v) is 12.9. The second-order valence-corrected chi connectivity index (χ2v) is 4.89. The van der Waals surface area contributed by atoms with Gasteiger partial charge >= 0.3 is 6.18 Å². The van der Waals surface area contributed by atoms with Gasteiger partial charge in [-0.2, -0.15) is 13.2 Å². The monoisotopic (exact) mass is 318 g/mol. The van der Waals surface area contributed by atoms with Gasteiger partial charge in [0.25, 0.3) is 0 Å². The summed E-state index contributed by atoms with van der Waals surface area (Å²) < 4.78 is 41.6. The minimum Gasteiger partial charge on any atom is -0.475 e. The SMILES string of the molecule is CN=C(NCCC(F)(F)F)NCc1ccc(OC(C)C)nc1. The molecule has 124 valence electrons.